The number of terminal acetylenes is 1. The third kappa shape index (κ3) is 23.0. The smallest absolute Gasteiger partial charge is 0.222 e. The molecule has 0 aliphatic carbocycles. The van der Waals surface area contributed by atoms with Crippen molar-refractivity contribution >= 4 is 92.0 Å². The fourth-order valence-electron chi connectivity index (χ4n) is 6.85. The number of aromatic nitrogens is 14. The first-order valence-electron chi connectivity index (χ1n) is 26.0. The molecule has 0 bridgehead atoms. The molecule has 0 spiro atoms. The van der Waals surface area contributed by atoms with E-state index in [0.29, 0.717) is 51.0 Å². The van der Waals surface area contributed by atoms with Gasteiger partial charge in [-0.1, -0.05) is 134 Å². The Balaban J connectivity index is 0.000000222. The van der Waals surface area contributed by atoms with Crippen LogP contribution in [0.1, 0.15) is 90.2 Å². The minimum Gasteiger partial charge on any atom is -0.382 e. The van der Waals surface area contributed by atoms with Crippen molar-refractivity contribution in [3.63, 3.8) is 0 Å². The van der Waals surface area contributed by atoms with Crippen molar-refractivity contribution in [2.24, 2.45) is 0 Å². The van der Waals surface area contributed by atoms with Gasteiger partial charge in [-0.3, -0.25) is 45.0 Å². The van der Waals surface area contributed by atoms with Crippen molar-refractivity contribution in [1.29, 1.82) is 0 Å². The summed E-state index contributed by atoms with van der Waals surface area (Å²) in [4.78, 5) is 32.1. The van der Waals surface area contributed by atoms with Gasteiger partial charge < -0.3 is 27.4 Å². The molecule has 11 aromatic rings. The molecule has 13 N–H and O–H groups in total. The van der Waals surface area contributed by atoms with Crippen LogP contribution in [0.2, 0.25) is 5.02 Å². The normalized spacial score (nSPS) is 9.49. The van der Waals surface area contributed by atoms with Crippen molar-refractivity contribution in [2.75, 3.05) is 27.4 Å². The number of anilines is 5. The summed E-state index contributed by atoms with van der Waals surface area (Å²) in [5.41, 5.74) is 22.9. The largest absolute Gasteiger partial charge is 0.382 e. The summed E-state index contributed by atoms with van der Waals surface area (Å²) < 4.78 is 0.956. The number of benzene rings is 4. The first-order chi connectivity index (χ1) is 41.2. The van der Waals surface area contributed by atoms with Gasteiger partial charge in [0.05, 0.1) is 30.8 Å². The molecule has 24 heteroatoms. The maximum absolute atomic E-state index is 11.0. The molecule has 4 aromatic carbocycles. The number of fused-ring (bicyclic) bond motifs is 1. The van der Waals surface area contributed by atoms with Gasteiger partial charge >= 0.3 is 0 Å². The minimum absolute atomic E-state index is 0. The van der Waals surface area contributed by atoms with Gasteiger partial charge in [0.25, 0.3) is 0 Å². The average molecular weight is 1300 g/mol. The van der Waals surface area contributed by atoms with Crippen LogP contribution in [0.15, 0.2) is 133 Å². The molecule has 3 amide bonds. The second-order valence-corrected chi connectivity index (χ2v) is 19.6. The molecule has 0 aliphatic rings. The third-order valence-electron chi connectivity index (χ3n) is 10.9. The number of carbonyl (C=O) groups excluding carboxylic acids is 3. The van der Waals surface area contributed by atoms with Crippen LogP contribution in [-0.2, 0) is 14.4 Å². The van der Waals surface area contributed by atoms with E-state index >= 15 is 0 Å². The number of nitrogens with zero attached hydrogens (tertiary/aromatic N) is 8. The van der Waals surface area contributed by atoms with E-state index in [1.54, 1.807) is 12.1 Å². The number of nitrogens with one attached hydrogen (secondary N) is 9. The topological polar surface area (TPSA) is 337 Å². The summed E-state index contributed by atoms with van der Waals surface area (Å²) >= 11 is 8.49. The number of amides is 3. The maximum atomic E-state index is 11.0. The Bertz CT molecular complexity index is 4090. The Morgan fingerprint density at radius 2 is 0.977 bits per heavy atom. The first kappa shape index (κ1) is 68.7. The molecular weight excluding hydrogens is 1230 g/mol. The van der Waals surface area contributed by atoms with Crippen molar-refractivity contribution in [1.82, 2.24) is 71.4 Å². The predicted octanol–water partition coefficient (Wildman–Crippen LogP) is 11.3. The van der Waals surface area contributed by atoms with Gasteiger partial charge in [-0.25, -0.2) is 0 Å². The van der Waals surface area contributed by atoms with Gasteiger partial charge in [-0.05, 0) is 101 Å². The lowest BCUT2D eigenvalue weighted by atomic mass is 10.1. The number of hydrogen-bond acceptors (Lipinski definition) is 13. The number of aryl methyl sites for hydroxylation is 6. The van der Waals surface area contributed by atoms with Gasteiger partial charge in [-0.2, -0.15) is 30.6 Å². The van der Waals surface area contributed by atoms with E-state index in [2.05, 4.69) is 140 Å². The summed E-state index contributed by atoms with van der Waals surface area (Å²) in [7, 11) is 0. The molecular formula is C63H67ClIN19O3. The number of aromatic amines is 6. The van der Waals surface area contributed by atoms with Crippen molar-refractivity contribution < 1.29 is 14.4 Å². The van der Waals surface area contributed by atoms with E-state index < -0.39 is 0 Å². The molecule has 7 aromatic heterocycles. The average Bonchev–Trinajstić information content (AvgIpc) is 2.03. The molecule has 0 atom stereocenters. The molecule has 0 unspecified atom stereocenters. The zero-order chi connectivity index (χ0) is 62.5. The Hall–Kier alpha value is -10.8. The second-order valence-electron chi connectivity index (χ2n) is 18.2. The van der Waals surface area contributed by atoms with Crippen LogP contribution in [0, 0.1) is 81.1 Å². The summed E-state index contributed by atoms with van der Waals surface area (Å²) in [6.07, 6.45) is 5.10. The Morgan fingerprint density at radius 1 is 0.517 bits per heavy atom. The number of carbonyl (C=O) groups is 3. The van der Waals surface area contributed by atoms with E-state index in [-0.39, 0.29) is 25.1 Å². The van der Waals surface area contributed by atoms with Crippen LogP contribution in [0.25, 0.3) is 22.3 Å². The lowest BCUT2D eigenvalue weighted by Gasteiger charge is -2.03. The molecule has 446 valence electrons. The van der Waals surface area contributed by atoms with Crippen LogP contribution < -0.4 is 27.4 Å². The Labute approximate surface area is 523 Å². The molecule has 22 nitrogen and oxygen atoms in total. The number of H-pyrrole nitrogens is 6. The molecule has 0 fully saturated rings. The number of rotatable bonds is 4. The fraction of sp³-hybridized carbons (Fsp3) is 0.159. The van der Waals surface area contributed by atoms with Gasteiger partial charge in [0, 0.05) is 83.6 Å². The number of halogens is 2. The number of nitrogens with two attached hydrogens (primary N) is 2. The van der Waals surface area contributed by atoms with Gasteiger partial charge in [0.2, 0.25) is 23.4 Å². The summed E-state index contributed by atoms with van der Waals surface area (Å²) in [5, 5.41) is 57.3. The summed E-state index contributed by atoms with van der Waals surface area (Å²) in [6, 6.07) is 42.3. The molecule has 0 aliphatic heterocycles. The van der Waals surface area contributed by atoms with E-state index in [4.69, 9.17) is 29.5 Å². The highest BCUT2D eigenvalue weighted by atomic mass is 127. The number of hydrogen-bond donors (Lipinski definition) is 11. The van der Waals surface area contributed by atoms with Crippen LogP contribution in [0.5, 0.6) is 0 Å². The van der Waals surface area contributed by atoms with E-state index in [9.17, 15) is 14.4 Å². The maximum Gasteiger partial charge on any atom is 0.222 e. The monoisotopic (exact) mass is 1300 g/mol. The SMILES string of the molecule is C.C#Cc1ccccc1.CC(=O)Nc1cc(C)[nH]n1.CC(=O)Nc1n[nH]c(C)c1C#Cc1ccccc1.CC(=O)Nc1n[nH]c(C)c1I.Cc1[nH]nc(N)c1C#Cc1ccccc1.Cc1[nH]nc2nnc(-c3ccccc3)c(Cl)c12.Cc1cc(N)n[nH]1. The highest BCUT2D eigenvalue weighted by molar-refractivity contribution is 14.1. The molecule has 11 rings (SSSR count). The van der Waals surface area contributed by atoms with Crippen LogP contribution >= 0.6 is 34.2 Å². The highest BCUT2D eigenvalue weighted by Gasteiger charge is 2.15. The van der Waals surface area contributed by atoms with E-state index in [1.807, 2.05) is 163 Å². The molecule has 0 saturated carbocycles. The zero-order valence-electron chi connectivity index (χ0n) is 48.5. The minimum atomic E-state index is -0.163. The van der Waals surface area contributed by atoms with Crippen LogP contribution in [-0.4, -0.2) is 89.1 Å². The highest BCUT2D eigenvalue weighted by Crippen LogP contribution is 2.32. The Morgan fingerprint density at radius 3 is 1.41 bits per heavy atom. The van der Waals surface area contributed by atoms with Crippen LogP contribution in [0.4, 0.5) is 29.1 Å². The quantitative estimate of drug-likeness (QED) is 0.0577. The standard InChI is InChI=1S/C14H13N3O.C12H9ClN4.C12H11N3.C8H6.C6H8IN3O.C6H9N3O.C4H7N3.CH4/c1-10-13(14(17-16-10)15-11(2)18)9-8-12-6-4-3-5-7-12;1-7-9-10(13)11(8-5-3-2-4-6-8)15-17-12(9)16-14-7;1-9-11(12(13)15-14-9)8-7-10-5-3-2-4-6-10;1-2-8-6-4-3-5-7-8;1-3-5(7)6(10-9-3)8-4(2)11;1-4-3-6(9-8-4)7-5(2)10;1-3-2-4(5)7-6-3;/h3-7H,1-2H3,(H2,15,16,17,18);2-6H,1H3,(H,14,16,17);2-6H,1H3,(H3,13,14,15);1,3-7H;1-2H3,(H2,8,9,10,11);3H,1-2H3,(H2,7,8,9,10);2H,1H3,(H3,5,6,7);1H4. The van der Waals surface area contributed by atoms with Gasteiger partial charge in [0.15, 0.2) is 23.3 Å². The van der Waals surface area contributed by atoms with Gasteiger partial charge in [-0.15, -0.1) is 16.6 Å². The molecule has 7 heterocycles. The molecule has 0 radical (unpaired) electrons. The van der Waals surface area contributed by atoms with E-state index in [0.717, 1.165) is 70.9 Å². The zero-order valence-corrected chi connectivity index (χ0v) is 51.4. The van der Waals surface area contributed by atoms with Crippen molar-refractivity contribution in [3.05, 3.63) is 204 Å². The molecule has 87 heavy (non-hydrogen) atoms. The lowest BCUT2D eigenvalue weighted by molar-refractivity contribution is -0.115. The first-order valence-corrected chi connectivity index (χ1v) is 27.4. The lowest BCUT2D eigenvalue weighted by Crippen LogP contribution is -2.07. The van der Waals surface area contributed by atoms with Crippen molar-refractivity contribution in [2.45, 2.75) is 69.7 Å². The third-order valence-corrected chi connectivity index (χ3v) is 12.6. The Kier molecular flexibility index (Phi) is 27.9. The van der Waals surface area contributed by atoms with Crippen LogP contribution in [0.3, 0.4) is 0 Å². The number of nitrogen functional groups attached to an aromatic ring is 2. The van der Waals surface area contributed by atoms with Crippen molar-refractivity contribution in [3.8, 4) is 47.3 Å². The summed E-state index contributed by atoms with van der Waals surface area (Å²) in [6.45, 7) is 15.7. The fourth-order valence-corrected chi connectivity index (χ4v) is 7.60. The van der Waals surface area contributed by atoms with Gasteiger partial charge in [0.1, 0.15) is 11.5 Å². The van der Waals surface area contributed by atoms with E-state index in [1.165, 1.54) is 20.8 Å². The molecule has 0 saturated heterocycles. The predicted molar refractivity (Wildman–Crippen MR) is 354 cm³/mol. The summed E-state index contributed by atoms with van der Waals surface area (Å²) in [5.74, 6) is 16.9. The second kappa shape index (κ2) is 35.4.